The standard InChI is InChI=1S/C28H30N2O5S/c1-19-9-14-23-24(17-19)36-26(21-10-12-22(34-3)13-11-21)25(31)27(32)30(23)16-15-29(2)28(33)35-18-20-7-5-4-6-8-20/h4-14,17,25-26,31H,15-16,18H2,1-3H3. The number of nitrogens with zero attached hydrogens (tertiary/aromatic N) is 2. The molecular weight excluding hydrogens is 476 g/mol. The number of carbonyl (C=O) groups is 2. The van der Waals surface area contributed by atoms with Gasteiger partial charge in [0.25, 0.3) is 5.91 Å². The SMILES string of the molecule is COc1ccc(C2Sc3cc(C)ccc3N(CCN(C)C(=O)OCc3ccccc3)C(=O)C2O)cc1. The molecule has 3 aromatic carbocycles. The zero-order valence-electron chi connectivity index (χ0n) is 20.6. The number of methoxy groups -OCH3 is 1. The van der Waals surface area contributed by atoms with E-state index in [0.29, 0.717) is 5.75 Å². The number of carbonyl (C=O) groups excluding carboxylic acids is 2. The van der Waals surface area contributed by atoms with E-state index in [-0.39, 0.29) is 19.7 Å². The maximum Gasteiger partial charge on any atom is 0.409 e. The fourth-order valence-corrected chi connectivity index (χ4v) is 5.36. The molecule has 0 saturated heterocycles. The van der Waals surface area contributed by atoms with Gasteiger partial charge in [-0.1, -0.05) is 48.5 Å². The highest BCUT2D eigenvalue weighted by Crippen LogP contribution is 2.46. The third-order valence-corrected chi connectivity index (χ3v) is 7.45. The molecule has 0 radical (unpaired) electrons. The van der Waals surface area contributed by atoms with Crippen LogP contribution < -0.4 is 9.64 Å². The van der Waals surface area contributed by atoms with E-state index in [1.807, 2.05) is 79.7 Å². The predicted molar refractivity (Wildman–Crippen MR) is 140 cm³/mol. The lowest BCUT2D eigenvalue weighted by atomic mass is 10.1. The molecule has 1 aliphatic rings. The first kappa shape index (κ1) is 25.6. The summed E-state index contributed by atoms with van der Waals surface area (Å²) >= 11 is 1.46. The van der Waals surface area contributed by atoms with E-state index in [0.717, 1.165) is 27.3 Å². The molecule has 2 atom stereocenters. The quantitative estimate of drug-likeness (QED) is 0.495. The van der Waals surface area contributed by atoms with Crippen LogP contribution in [0.1, 0.15) is 21.9 Å². The highest BCUT2D eigenvalue weighted by Gasteiger charge is 2.37. The summed E-state index contributed by atoms with van der Waals surface area (Å²) in [6, 6.07) is 22.7. The highest BCUT2D eigenvalue weighted by atomic mass is 32.2. The van der Waals surface area contributed by atoms with Crippen molar-refractivity contribution in [1.82, 2.24) is 4.90 Å². The monoisotopic (exact) mass is 506 g/mol. The second-order valence-electron chi connectivity index (χ2n) is 8.68. The van der Waals surface area contributed by atoms with Crippen LogP contribution >= 0.6 is 11.8 Å². The minimum Gasteiger partial charge on any atom is -0.497 e. The van der Waals surface area contributed by atoms with Gasteiger partial charge in [-0.05, 0) is 47.9 Å². The molecule has 1 heterocycles. The first-order valence-corrected chi connectivity index (χ1v) is 12.6. The summed E-state index contributed by atoms with van der Waals surface area (Å²) in [5.74, 6) is 0.301. The van der Waals surface area contributed by atoms with E-state index < -0.39 is 23.4 Å². The number of anilines is 1. The van der Waals surface area contributed by atoms with Crippen molar-refractivity contribution in [3.8, 4) is 5.75 Å². The van der Waals surface area contributed by atoms with Crippen molar-refractivity contribution >= 4 is 29.4 Å². The summed E-state index contributed by atoms with van der Waals surface area (Å²) in [5.41, 5.74) is 3.50. The topological polar surface area (TPSA) is 79.3 Å². The molecule has 2 unspecified atom stereocenters. The Labute approximate surface area is 215 Å². The summed E-state index contributed by atoms with van der Waals surface area (Å²) in [4.78, 5) is 29.9. The molecule has 2 amide bonds. The predicted octanol–water partition coefficient (Wildman–Crippen LogP) is 4.81. The molecule has 8 heteroatoms. The van der Waals surface area contributed by atoms with Crippen LogP contribution in [0.15, 0.2) is 77.7 Å². The van der Waals surface area contributed by atoms with E-state index >= 15 is 0 Å². The van der Waals surface area contributed by atoms with Gasteiger partial charge in [-0.3, -0.25) is 4.79 Å². The first-order chi connectivity index (χ1) is 17.4. The van der Waals surface area contributed by atoms with Crippen LogP contribution in [0.5, 0.6) is 5.75 Å². The third kappa shape index (κ3) is 5.83. The molecule has 0 bridgehead atoms. The first-order valence-electron chi connectivity index (χ1n) is 11.7. The van der Waals surface area contributed by atoms with Gasteiger partial charge in [-0.15, -0.1) is 11.8 Å². The van der Waals surface area contributed by atoms with Gasteiger partial charge >= 0.3 is 6.09 Å². The van der Waals surface area contributed by atoms with E-state index in [4.69, 9.17) is 9.47 Å². The lowest BCUT2D eigenvalue weighted by Gasteiger charge is -2.27. The number of hydrogen-bond acceptors (Lipinski definition) is 6. The molecule has 0 aliphatic carbocycles. The number of rotatable bonds is 7. The van der Waals surface area contributed by atoms with E-state index in [1.54, 1.807) is 19.1 Å². The van der Waals surface area contributed by atoms with Crippen molar-refractivity contribution in [3.05, 3.63) is 89.5 Å². The normalized spacial score (nSPS) is 17.2. The summed E-state index contributed by atoms with van der Waals surface area (Å²) in [7, 11) is 3.23. The fourth-order valence-electron chi connectivity index (χ4n) is 3.99. The summed E-state index contributed by atoms with van der Waals surface area (Å²) in [5, 5.41) is 10.7. The average Bonchev–Trinajstić information content (AvgIpc) is 3.00. The number of likely N-dealkylation sites (N-methyl/N-ethyl adjacent to an activating group) is 1. The van der Waals surface area contributed by atoms with Gasteiger partial charge in [0.1, 0.15) is 18.5 Å². The number of hydrogen-bond donors (Lipinski definition) is 1. The molecular formula is C28H30N2O5S. The van der Waals surface area contributed by atoms with Crippen LogP contribution in [0.3, 0.4) is 0 Å². The summed E-state index contributed by atoms with van der Waals surface area (Å²) < 4.78 is 10.6. The van der Waals surface area contributed by atoms with Crippen molar-refractivity contribution in [2.75, 3.05) is 32.1 Å². The average molecular weight is 507 g/mol. The van der Waals surface area contributed by atoms with E-state index in [9.17, 15) is 14.7 Å². The van der Waals surface area contributed by atoms with Gasteiger partial charge in [0.05, 0.1) is 18.0 Å². The molecule has 36 heavy (non-hydrogen) atoms. The second-order valence-corrected chi connectivity index (χ2v) is 9.86. The zero-order chi connectivity index (χ0) is 25.7. The Balaban J connectivity index is 1.50. The molecule has 0 spiro atoms. The van der Waals surface area contributed by atoms with Crippen molar-refractivity contribution in [3.63, 3.8) is 0 Å². The molecule has 4 rings (SSSR count). The maximum absolute atomic E-state index is 13.5. The van der Waals surface area contributed by atoms with Gasteiger partial charge in [0, 0.05) is 25.0 Å². The number of aliphatic hydroxyl groups excluding tert-OH is 1. The fraction of sp³-hybridized carbons (Fsp3) is 0.286. The van der Waals surface area contributed by atoms with Gasteiger partial charge < -0.3 is 24.4 Å². The molecule has 7 nitrogen and oxygen atoms in total. The van der Waals surface area contributed by atoms with Crippen LogP contribution in [0.4, 0.5) is 10.5 Å². The molecule has 0 aromatic heterocycles. The van der Waals surface area contributed by atoms with Gasteiger partial charge in [0.15, 0.2) is 0 Å². The molecule has 188 valence electrons. The van der Waals surface area contributed by atoms with Crippen molar-refractivity contribution in [1.29, 1.82) is 0 Å². The Morgan fingerprint density at radius 2 is 1.81 bits per heavy atom. The van der Waals surface area contributed by atoms with E-state index in [1.165, 1.54) is 16.7 Å². The lowest BCUT2D eigenvalue weighted by Crippen LogP contribution is -2.44. The molecule has 1 N–H and O–H groups in total. The Hall–Kier alpha value is -3.49. The van der Waals surface area contributed by atoms with Gasteiger partial charge in [-0.25, -0.2) is 4.79 Å². The second kappa shape index (κ2) is 11.5. The summed E-state index contributed by atoms with van der Waals surface area (Å²) in [6.07, 6.45) is -1.73. The number of ether oxygens (including phenoxy) is 2. The Bertz CT molecular complexity index is 1200. The largest absolute Gasteiger partial charge is 0.497 e. The molecule has 3 aromatic rings. The van der Waals surface area contributed by atoms with Crippen LogP contribution in [0.2, 0.25) is 0 Å². The number of thioether (sulfide) groups is 1. The number of benzene rings is 3. The number of aryl methyl sites for hydroxylation is 1. The molecule has 0 fully saturated rings. The smallest absolute Gasteiger partial charge is 0.409 e. The molecule has 0 saturated carbocycles. The summed E-state index contributed by atoms with van der Waals surface area (Å²) in [6.45, 7) is 2.64. The van der Waals surface area contributed by atoms with Crippen LogP contribution in [0.25, 0.3) is 0 Å². The Kier molecular flexibility index (Phi) is 8.18. The maximum atomic E-state index is 13.5. The van der Waals surface area contributed by atoms with E-state index in [2.05, 4.69) is 0 Å². The number of aliphatic hydroxyl groups is 1. The van der Waals surface area contributed by atoms with Crippen molar-refractivity contribution in [2.45, 2.75) is 29.8 Å². The third-order valence-electron chi connectivity index (χ3n) is 6.09. The van der Waals surface area contributed by atoms with Crippen molar-refractivity contribution in [2.24, 2.45) is 0 Å². The number of fused-ring (bicyclic) bond motifs is 1. The lowest BCUT2D eigenvalue weighted by molar-refractivity contribution is -0.126. The van der Waals surface area contributed by atoms with Gasteiger partial charge in [0.2, 0.25) is 0 Å². The molecule has 1 aliphatic heterocycles. The van der Waals surface area contributed by atoms with Crippen LogP contribution in [-0.2, 0) is 16.1 Å². The zero-order valence-corrected chi connectivity index (χ0v) is 21.4. The Morgan fingerprint density at radius 1 is 1.08 bits per heavy atom. The highest BCUT2D eigenvalue weighted by molar-refractivity contribution is 7.99. The minimum atomic E-state index is -1.26. The minimum absolute atomic E-state index is 0.174. The van der Waals surface area contributed by atoms with Gasteiger partial charge in [-0.2, -0.15) is 0 Å². The van der Waals surface area contributed by atoms with Crippen LogP contribution in [-0.4, -0.2) is 55.4 Å². The Morgan fingerprint density at radius 3 is 2.50 bits per heavy atom. The van der Waals surface area contributed by atoms with Crippen LogP contribution in [0, 0.1) is 6.92 Å². The van der Waals surface area contributed by atoms with Crippen molar-refractivity contribution < 1.29 is 24.2 Å². The number of amides is 2.